The fourth-order valence-corrected chi connectivity index (χ4v) is 2.00. The van der Waals surface area contributed by atoms with E-state index in [-0.39, 0.29) is 19.4 Å². The zero-order valence-corrected chi connectivity index (χ0v) is 8.97. The molecule has 0 aromatic heterocycles. The van der Waals surface area contributed by atoms with E-state index in [9.17, 15) is 9.59 Å². The number of carboxylic acids is 1. The lowest BCUT2D eigenvalue weighted by molar-refractivity contribution is -0.156. The number of nitrogens with zero attached hydrogens (tertiary/aromatic N) is 1. The minimum Gasteiger partial charge on any atom is -0.481 e. The van der Waals surface area contributed by atoms with E-state index in [1.54, 1.807) is 6.92 Å². The molecule has 0 spiro atoms. The van der Waals surface area contributed by atoms with Crippen molar-refractivity contribution in [2.75, 3.05) is 6.61 Å². The Labute approximate surface area is 93.0 Å². The summed E-state index contributed by atoms with van der Waals surface area (Å²) in [5.41, 5.74) is 4.44. The molecule has 0 amide bonds. The third-order valence-corrected chi connectivity index (χ3v) is 2.78. The second-order valence-corrected chi connectivity index (χ2v) is 3.98. The van der Waals surface area contributed by atoms with E-state index in [1.807, 2.05) is 6.07 Å². The van der Waals surface area contributed by atoms with Crippen molar-refractivity contribution in [3.05, 3.63) is 0 Å². The van der Waals surface area contributed by atoms with Gasteiger partial charge in [-0.05, 0) is 19.8 Å². The van der Waals surface area contributed by atoms with Crippen LogP contribution in [0.15, 0.2) is 0 Å². The highest BCUT2D eigenvalue weighted by atomic mass is 16.5. The van der Waals surface area contributed by atoms with Gasteiger partial charge in [0.25, 0.3) is 0 Å². The van der Waals surface area contributed by atoms with Crippen molar-refractivity contribution in [3.63, 3.8) is 0 Å². The van der Waals surface area contributed by atoms with Gasteiger partial charge in [0.1, 0.15) is 5.54 Å². The number of ether oxygens (including phenoxy) is 1. The molecule has 1 rings (SSSR count). The summed E-state index contributed by atoms with van der Waals surface area (Å²) in [6, 6.07) is 1.86. The number of carboxylic acid groups (broad SMARTS) is 1. The number of nitriles is 1. The van der Waals surface area contributed by atoms with Crippen molar-refractivity contribution in [2.45, 2.75) is 25.3 Å². The Balaban J connectivity index is 2.87. The van der Waals surface area contributed by atoms with Crippen LogP contribution in [0.2, 0.25) is 0 Å². The molecule has 1 fully saturated rings. The topological polar surface area (TPSA) is 113 Å². The number of nitrogens with two attached hydrogens (primary N) is 1. The highest BCUT2D eigenvalue weighted by Gasteiger charge is 2.50. The summed E-state index contributed by atoms with van der Waals surface area (Å²) in [6.45, 7) is 1.83. The minimum absolute atomic E-state index is 0.0116. The van der Waals surface area contributed by atoms with E-state index in [0.717, 1.165) is 0 Å². The van der Waals surface area contributed by atoms with Crippen molar-refractivity contribution in [2.24, 2.45) is 17.6 Å². The molecule has 6 nitrogen and oxygen atoms in total. The van der Waals surface area contributed by atoms with E-state index in [4.69, 9.17) is 20.8 Å². The molecule has 1 aliphatic carbocycles. The SMILES string of the molecule is CCOC(=O)C1CC(N)(C#N)CC1C(=O)O. The van der Waals surface area contributed by atoms with Crippen molar-refractivity contribution < 1.29 is 19.4 Å². The molecule has 1 aliphatic rings. The second kappa shape index (κ2) is 4.49. The lowest BCUT2D eigenvalue weighted by Crippen LogP contribution is -2.35. The van der Waals surface area contributed by atoms with Crippen LogP contribution in [0, 0.1) is 23.2 Å². The van der Waals surface area contributed by atoms with Gasteiger partial charge in [-0.25, -0.2) is 0 Å². The quantitative estimate of drug-likeness (QED) is 0.648. The van der Waals surface area contributed by atoms with Gasteiger partial charge in [-0.2, -0.15) is 5.26 Å². The molecule has 0 aromatic carbocycles. The highest BCUT2D eigenvalue weighted by Crippen LogP contribution is 2.38. The second-order valence-electron chi connectivity index (χ2n) is 3.98. The Morgan fingerprint density at radius 1 is 1.56 bits per heavy atom. The van der Waals surface area contributed by atoms with Crippen LogP contribution in [0.1, 0.15) is 19.8 Å². The van der Waals surface area contributed by atoms with Crippen molar-refractivity contribution in [3.8, 4) is 6.07 Å². The molecule has 6 heteroatoms. The number of rotatable bonds is 3. The maximum absolute atomic E-state index is 11.5. The number of esters is 1. The molecular formula is C10H14N2O4. The summed E-state index contributed by atoms with van der Waals surface area (Å²) < 4.78 is 4.78. The first-order chi connectivity index (χ1) is 7.43. The van der Waals surface area contributed by atoms with Gasteiger partial charge in [-0.15, -0.1) is 0 Å². The Morgan fingerprint density at radius 2 is 2.12 bits per heavy atom. The smallest absolute Gasteiger partial charge is 0.309 e. The van der Waals surface area contributed by atoms with Crippen molar-refractivity contribution in [1.29, 1.82) is 5.26 Å². The van der Waals surface area contributed by atoms with Crippen molar-refractivity contribution in [1.82, 2.24) is 0 Å². The van der Waals surface area contributed by atoms with E-state index in [1.165, 1.54) is 0 Å². The third kappa shape index (κ3) is 2.31. The van der Waals surface area contributed by atoms with Crippen LogP contribution < -0.4 is 5.73 Å². The molecular weight excluding hydrogens is 212 g/mol. The first-order valence-electron chi connectivity index (χ1n) is 5.03. The normalized spacial score (nSPS) is 33.1. The fraction of sp³-hybridized carbons (Fsp3) is 0.700. The van der Waals surface area contributed by atoms with E-state index >= 15 is 0 Å². The number of hydrogen-bond acceptors (Lipinski definition) is 5. The van der Waals surface area contributed by atoms with Gasteiger partial charge in [0, 0.05) is 0 Å². The summed E-state index contributed by atoms with van der Waals surface area (Å²) in [5.74, 6) is -3.44. The highest BCUT2D eigenvalue weighted by molar-refractivity contribution is 5.82. The lowest BCUT2D eigenvalue weighted by atomic mass is 9.96. The Morgan fingerprint density at radius 3 is 2.56 bits per heavy atom. The molecule has 1 saturated carbocycles. The molecule has 3 unspecified atom stereocenters. The first-order valence-corrected chi connectivity index (χ1v) is 5.03. The fourth-order valence-electron chi connectivity index (χ4n) is 2.00. The third-order valence-electron chi connectivity index (χ3n) is 2.78. The summed E-state index contributed by atoms with van der Waals surface area (Å²) in [6.07, 6.45) is 0.0294. The maximum atomic E-state index is 11.5. The molecule has 3 N–H and O–H groups in total. The summed E-state index contributed by atoms with van der Waals surface area (Å²) >= 11 is 0. The molecule has 0 saturated heterocycles. The summed E-state index contributed by atoms with van der Waals surface area (Å²) in [5, 5.41) is 17.8. The predicted octanol–water partition coefficient (Wildman–Crippen LogP) is -0.119. The Bertz CT molecular complexity index is 349. The van der Waals surface area contributed by atoms with Gasteiger partial charge < -0.3 is 15.6 Å². The summed E-state index contributed by atoms with van der Waals surface area (Å²) in [4.78, 5) is 22.5. The van der Waals surface area contributed by atoms with Crippen LogP contribution in [0.5, 0.6) is 0 Å². The standard InChI is InChI=1S/C10H14N2O4/c1-2-16-9(15)7-4-10(12,5-11)3-6(7)8(13)14/h6-7H,2-4,12H2,1H3,(H,13,14). The predicted molar refractivity (Wildman–Crippen MR) is 53.0 cm³/mol. The Hall–Kier alpha value is -1.61. The van der Waals surface area contributed by atoms with E-state index < -0.39 is 29.3 Å². The molecule has 88 valence electrons. The number of aliphatic carboxylic acids is 1. The van der Waals surface area contributed by atoms with Crippen LogP contribution in [0.25, 0.3) is 0 Å². The molecule has 16 heavy (non-hydrogen) atoms. The molecule has 0 aromatic rings. The molecule has 0 heterocycles. The van der Waals surface area contributed by atoms with Crippen LogP contribution in [0.3, 0.4) is 0 Å². The van der Waals surface area contributed by atoms with Crippen LogP contribution in [0.4, 0.5) is 0 Å². The maximum Gasteiger partial charge on any atom is 0.309 e. The zero-order chi connectivity index (χ0) is 12.3. The van der Waals surface area contributed by atoms with Gasteiger partial charge in [0.15, 0.2) is 0 Å². The largest absolute Gasteiger partial charge is 0.481 e. The van der Waals surface area contributed by atoms with Gasteiger partial charge in [-0.1, -0.05) is 0 Å². The first kappa shape index (κ1) is 12.5. The monoisotopic (exact) mass is 226 g/mol. The van der Waals surface area contributed by atoms with Gasteiger partial charge >= 0.3 is 11.9 Å². The summed E-state index contributed by atoms with van der Waals surface area (Å²) in [7, 11) is 0. The van der Waals surface area contributed by atoms with Gasteiger partial charge in [0.2, 0.25) is 0 Å². The van der Waals surface area contributed by atoms with E-state index in [2.05, 4.69) is 0 Å². The Kier molecular flexibility index (Phi) is 3.50. The molecule has 3 atom stereocenters. The number of carbonyl (C=O) groups is 2. The average molecular weight is 226 g/mol. The number of carbonyl (C=O) groups excluding carboxylic acids is 1. The lowest BCUT2D eigenvalue weighted by Gasteiger charge is -2.13. The molecule has 0 aliphatic heterocycles. The van der Waals surface area contributed by atoms with Gasteiger partial charge in [0.05, 0.1) is 24.5 Å². The van der Waals surface area contributed by atoms with Crippen LogP contribution >= 0.6 is 0 Å². The van der Waals surface area contributed by atoms with Gasteiger partial charge in [-0.3, -0.25) is 9.59 Å². The van der Waals surface area contributed by atoms with Crippen LogP contribution in [-0.4, -0.2) is 29.2 Å². The number of hydrogen-bond donors (Lipinski definition) is 2. The minimum atomic E-state index is -1.24. The molecule has 0 bridgehead atoms. The average Bonchev–Trinajstić information content (AvgIpc) is 2.58. The van der Waals surface area contributed by atoms with Crippen molar-refractivity contribution >= 4 is 11.9 Å². The zero-order valence-electron chi connectivity index (χ0n) is 8.97. The van der Waals surface area contributed by atoms with E-state index in [0.29, 0.717) is 0 Å². The molecule has 0 radical (unpaired) electrons. The van der Waals surface area contributed by atoms with Crippen LogP contribution in [-0.2, 0) is 14.3 Å².